The van der Waals surface area contributed by atoms with Crippen LogP contribution in [0.2, 0.25) is 0 Å². The summed E-state index contributed by atoms with van der Waals surface area (Å²) in [5, 5.41) is 8.54. The summed E-state index contributed by atoms with van der Waals surface area (Å²) in [5.41, 5.74) is 0.911. The maximum atomic E-state index is 11.7. The SMILES string of the molecule is COCCN(C)c1ccc(C[C@H]2CCCN(S(C)(=O)=O)C2)nn1. The van der Waals surface area contributed by atoms with Gasteiger partial charge in [-0.3, -0.25) is 0 Å². The molecule has 8 heteroatoms. The first-order valence-electron chi connectivity index (χ1n) is 7.88. The van der Waals surface area contributed by atoms with Crippen LogP contribution in [0.25, 0.3) is 0 Å². The fraction of sp³-hybridized carbons (Fsp3) is 0.733. The van der Waals surface area contributed by atoms with Gasteiger partial charge >= 0.3 is 0 Å². The van der Waals surface area contributed by atoms with Crippen LogP contribution in [-0.2, 0) is 21.2 Å². The number of likely N-dealkylation sites (N-methyl/N-ethyl adjacent to an activating group) is 1. The van der Waals surface area contributed by atoms with Crippen molar-refractivity contribution in [2.24, 2.45) is 5.92 Å². The van der Waals surface area contributed by atoms with Gasteiger partial charge in [0.1, 0.15) is 0 Å². The first kappa shape index (κ1) is 18.1. The van der Waals surface area contributed by atoms with Crippen LogP contribution in [0, 0.1) is 5.92 Å². The van der Waals surface area contributed by atoms with Crippen molar-refractivity contribution in [3.63, 3.8) is 0 Å². The number of piperidine rings is 1. The first-order valence-corrected chi connectivity index (χ1v) is 9.73. The van der Waals surface area contributed by atoms with Crippen molar-refractivity contribution in [3.8, 4) is 0 Å². The van der Waals surface area contributed by atoms with Gasteiger partial charge in [-0.2, -0.15) is 5.10 Å². The lowest BCUT2D eigenvalue weighted by atomic mass is 9.94. The Morgan fingerprint density at radius 3 is 2.78 bits per heavy atom. The number of anilines is 1. The second-order valence-electron chi connectivity index (χ2n) is 6.13. The molecule has 0 aromatic carbocycles. The van der Waals surface area contributed by atoms with Gasteiger partial charge in [-0.1, -0.05) is 0 Å². The molecule has 0 N–H and O–H groups in total. The maximum absolute atomic E-state index is 11.7. The average molecular weight is 342 g/mol. The molecule has 23 heavy (non-hydrogen) atoms. The summed E-state index contributed by atoms with van der Waals surface area (Å²) in [6.07, 6.45) is 3.98. The van der Waals surface area contributed by atoms with E-state index < -0.39 is 10.0 Å². The summed E-state index contributed by atoms with van der Waals surface area (Å²) in [4.78, 5) is 1.99. The van der Waals surface area contributed by atoms with Crippen molar-refractivity contribution in [2.45, 2.75) is 19.3 Å². The van der Waals surface area contributed by atoms with Gasteiger partial charge in [-0.15, -0.1) is 5.10 Å². The molecule has 7 nitrogen and oxygen atoms in total. The van der Waals surface area contributed by atoms with E-state index in [1.165, 1.54) is 6.26 Å². The summed E-state index contributed by atoms with van der Waals surface area (Å²) in [7, 11) is 0.526. The van der Waals surface area contributed by atoms with Crippen LogP contribution in [0.5, 0.6) is 0 Å². The molecule has 0 unspecified atom stereocenters. The molecule has 1 aromatic heterocycles. The first-order chi connectivity index (χ1) is 10.9. The molecule has 0 bridgehead atoms. The molecule has 0 radical (unpaired) electrons. The number of rotatable bonds is 7. The predicted molar refractivity (Wildman–Crippen MR) is 90.0 cm³/mol. The monoisotopic (exact) mass is 342 g/mol. The normalized spacial score (nSPS) is 19.7. The summed E-state index contributed by atoms with van der Waals surface area (Å²) < 4.78 is 30.0. The minimum Gasteiger partial charge on any atom is -0.383 e. The van der Waals surface area contributed by atoms with E-state index in [0.29, 0.717) is 25.6 Å². The van der Waals surface area contributed by atoms with Crippen molar-refractivity contribution in [2.75, 3.05) is 51.6 Å². The van der Waals surface area contributed by atoms with Gasteiger partial charge in [0.05, 0.1) is 18.6 Å². The Morgan fingerprint density at radius 2 is 2.17 bits per heavy atom. The Morgan fingerprint density at radius 1 is 1.39 bits per heavy atom. The van der Waals surface area contributed by atoms with E-state index in [0.717, 1.165) is 37.3 Å². The topological polar surface area (TPSA) is 75.6 Å². The molecule has 0 spiro atoms. The lowest BCUT2D eigenvalue weighted by molar-refractivity contribution is 0.206. The standard InChI is InChI=1S/C15H26N4O3S/c1-18(9-10-22-2)15-7-6-14(16-17-15)11-13-5-4-8-19(12-13)23(3,20)21/h6-7,13H,4-5,8-12H2,1-3H3/t13-/m1/s1. The maximum Gasteiger partial charge on any atom is 0.211 e. The van der Waals surface area contributed by atoms with Gasteiger partial charge in [-0.05, 0) is 37.3 Å². The number of hydrogen-bond donors (Lipinski definition) is 0. The zero-order chi connectivity index (χ0) is 16.9. The van der Waals surface area contributed by atoms with E-state index in [1.54, 1.807) is 11.4 Å². The minimum atomic E-state index is -3.10. The number of methoxy groups -OCH3 is 1. The van der Waals surface area contributed by atoms with Crippen LogP contribution in [0.1, 0.15) is 18.5 Å². The average Bonchev–Trinajstić information content (AvgIpc) is 2.53. The summed E-state index contributed by atoms with van der Waals surface area (Å²) in [5.74, 6) is 1.12. The number of aromatic nitrogens is 2. The highest BCUT2D eigenvalue weighted by atomic mass is 32.2. The van der Waals surface area contributed by atoms with E-state index in [2.05, 4.69) is 10.2 Å². The molecule has 1 fully saturated rings. The van der Waals surface area contributed by atoms with Crippen LogP contribution >= 0.6 is 0 Å². The van der Waals surface area contributed by atoms with Gasteiger partial charge in [-0.25, -0.2) is 12.7 Å². The van der Waals surface area contributed by atoms with Crippen LogP contribution < -0.4 is 4.90 Å². The second-order valence-corrected chi connectivity index (χ2v) is 8.11. The van der Waals surface area contributed by atoms with Gasteiger partial charge in [0, 0.05) is 33.8 Å². The molecular weight excluding hydrogens is 316 g/mol. The smallest absolute Gasteiger partial charge is 0.211 e. The predicted octanol–water partition coefficient (Wildman–Crippen LogP) is 0.773. The van der Waals surface area contributed by atoms with Crippen molar-refractivity contribution in [1.82, 2.24) is 14.5 Å². The van der Waals surface area contributed by atoms with Gasteiger partial charge in [0.2, 0.25) is 10.0 Å². The van der Waals surface area contributed by atoms with Crippen LogP contribution in [0.4, 0.5) is 5.82 Å². The molecular formula is C15H26N4O3S. The highest BCUT2D eigenvalue weighted by molar-refractivity contribution is 7.88. The zero-order valence-corrected chi connectivity index (χ0v) is 14.9. The molecule has 130 valence electrons. The number of hydrogen-bond acceptors (Lipinski definition) is 6. The van der Waals surface area contributed by atoms with Gasteiger partial charge in [0.25, 0.3) is 0 Å². The van der Waals surface area contributed by atoms with Gasteiger partial charge in [0.15, 0.2) is 5.82 Å². The Balaban J connectivity index is 1.93. The molecule has 0 aliphatic carbocycles. The molecule has 1 aromatic rings. The largest absolute Gasteiger partial charge is 0.383 e. The molecule has 0 saturated carbocycles. The van der Waals surface area contributed by atoms with Crippen LogP contribution in [0.15, 0.2) is 12.1 Å². The Bertz CT molecular complexity index is 591. The molecule has 1 aliphatic rings. The number of sulfonamides is 1. The molecule has 2 heterocycles. The molecule has 2 rings (SSSR count). The lowest BCUT2D eigenvalue weighted by Crippen LogP contribution is -2.39. The van der Waals surface area contributed by atoms with Gasteiger partial charge < -0.3 is 9.64 Å². The van der Waals surface area contributed by atoms with Crippen LogP contribution in [-0.4, -0.2) is 69.6 Å². The quantitative estimate of drug-likeness (QED) is 0.729. The third-order valence-electron chi connectivity index (χ3n) is 4.18. The minimum absolute atomic E-state index is 0.310. The van der Waals surface area contributed by atoms with E-state index >= 15 is 0 Å². The molecule has 1 saturated heterocycles. The summed E-state index contributed by atoms with van der Waals surface area (Å²) in [6, 6.07) is 3.93. The number of nitrogens with zero attached hydrogens (tertiary/aromatic N) is 4. The second kappa shape index (κ2) is 8.03. The lowest BCUT2D eigenvalue weighted by Gasteiger charge is -2.30. The van der Waals surface area contributed by atoms with E-state index in [9.17, 15) is 8.42 Å². The van der Waals surface area contributed by atoms with E-state index in [1.807, 2.05) is 24.1 Å². The van der Waals surface area contributed by atoms with E-state index in [4.69, 9.17) is 4.74 Å². The molecule has 1 aliphatic heterocycles. The van der Waals surface area contributed by atoms with Crippen molar-refractivity contribution in [3.05, 3.63) is 17.8 Å². The Hall–Kier alpha value is -1.25. The summed E-state index contributed by atoms with van der Waals surface area (Å²) in [6.45, 7) is 2.61. The highest BCUT2D eigenvalue weighted by Gasteiger charge is 2.26. The van der Waals surface area contributed by atoms with Crippen molar-refractivity contribution < 1.29 is 13.2 Å². The van der Waals surface area contributed by atoms with Crippen molar-refractivity contribution >= 4 is 15.8 Å². The zero-order valence-electron chi connectivity index (χ0n) is 14.1. The van der Waals surface area contributed by atoms with Crippen LogP contribution in [0.3, 0.4) is 0 Å². The summed E-state index contributed by atoms with van der Waals surface area (Å²) >= 11 is 0. The highest BCUT2D eigenvalue weighted by Crippen LogP contribution is 2.22. The molecule has 0 amide bonds. The Kier molecular flexibility index (Phi) is 6.32. The molecule has 1 atom stereocenters. The fourth-order valence-corrected chi connectivity index (χ4v) is 3.74. The third-order valence-corrected chi connectivity index (χ3v) is 5.45. The fourth-order valence-electron chi connectivity index (χ4n) is 2.80. The van der Waals surface area contributed by atoms with E-state index in [-0.39, 0.29) is 0 Å². The Labute approximate surface area is 138 Å². The van der Waals surface area contributed by atoms with Crippen molar-refractivity contribution in [1.29, 1.82) is 0 Å². The third kappa shape index (κ3) is 5.40. The number of ether oxygens (including phenoxy) is 1.